The smallest absolute Gasteiger partial charge is 0.253 e. The molecule has 2 aromatic heterocycles. The summed E-state index contributed by atoms with van der Waals surface area (Å²) in [5, 5.41) is 9.10. The van der Waals surface area contributed by atoms with E-state index in [9.17, 15) is 4.79 Å². The van der Waals surface area contributed by atoms with Crippen molar-refractivity contribution in [3.63, 3.8) is 0 Å². The lowest BCUT2D eigenvalue weighted by molar-refractivity contribution is -0.119. The van der Waals surface area contributed by atoms with Gasteiger partial charge in [0, 0.05) is 28.9 Å². The topological polar surface area (TPSA) is 72.2 Å². The van der Waals surface area contributed by atoms with Gasteiger partial charge in [-0.3, -0.25) is 4.79 Å². The molecular formula is C23H28ClN5OS. The van der Waals surface area contributed by atoms with E-state index in [0.29, 0.717) is 29.0 Å². The third-order valence-corrected chi connectivity index (χ3v) is 7.35. The Kier molecular flexibility index (Phi) is 6.82. The van der Waals surface area contributed by atoms with Gasteiger partial charge < -0.3 is 5.32 Å². The second-order valence-electron chi connectivity index (χ2n) is 8.36. The number of thioether (sulfide) groups is 1. The summed E-state index contributed by atoms with van der Waals surface area (Å²) in [5.41, 5.74) is 4.05. The number of fused-ring (bicyclic) bond motifs is 1. The van der Waals surface area contributed by atoms with Gasteiger partial charge in [0.25, 0.3) is 5.78 Å². The van der Waals surface area contributed by atoms with E-state index in [-0.39, 0.29) is 11.9 Å². The first-order valence-electron chi connectivity index (χ1n) is 10.8. The lowest BCUT2D eigenvalue weighted by Crippen LogP contribution is -2.41. The van der Waals surface area contributed by atoms with E-state index in [1.807, 2.05) is 38.1 Å². The van der Waals surface area contributed by atoms with Crippen LogP contribution in [-0.2, 0) is 11.2 Å². The van der Waals surface area contributed by atoms with Gasteiger partial charge in [-0.2, -0.15) is 4.98 Å². The minimum atomic E-state index is 0.0443. The molecule has 0 radical (unpaired) electrons. The largest absolute Gasteiger partial charge is 0.352 e. The summed E-state index contributed by atoms with van der Waals surface area (Å²) < 4.78 is 1.77. The summed E-state index contributed by atoms with van der Waals surface area (Å²) in [7, 11) is 0. The molecule has 1 aliphatic rings. The molecule has 1 fully saturated rings. The number of hydrogen-bond acceptors (Lipinski definition) is 5. The molecule has 4 rings (SSSR count). The van der Waals surface area contributed by atoms with Gasteiger partial charge in [0.1, 0.15) is 0 Å². The van der Waals surface area contributed by atoms with Gasteiger partial charge in [-0.15, -0.1) is 5.10 Å². The molecule has 0 aliphatic heterocycles. The number of benzene rings is 1. The first kappa shape index (κ1) is 22.1. The van der Waals surface area contributed by atoms with E-state index in [1.165, 1.54) is 31.0 Å². The van der Waals surface area contributed by atoms with Gasteiger partial charge in [0.2, 0.25) is 11.1 Å². The number of amides is 1. The Bertz CT molecular complexity index is 1100. The third-order valence-electron chi connectivity index (χ3n) is 6.14. The zero-order valence-electron chi connectivity index (χ0n) is 18.2. The fourth-order valence-electron chi connectivity index (χ4n) is 4.25. The van der Waals surface area contributed by atoms with Gasteiger partial charge in [-0.1, -0.05) is 61.3 Å². The normalized spacial score (nSPS) is 19.0. The zero-order chi connectivity index (χ0) is 22.0. The van der Waals surface area contributed by atoms with Crippen LogP contribution in [0.3, 0.4) is 0 Å². The number of hydrogen-bond donors (Lipinski definition) is 1. The van der Waals surface area contributed by atoms with Crippen molar-refractivity contribution in [2.45, 2.75) is 64.1 Å². The molecule has 8 heteroatoms. The monoisotopic (exact) mass is 457 g/mol. The van der Waals surface area contributed by atoms with Crippen molar-refractivity contribution in [1.82, 2.24) is 24.9 Å². The van der Waals surface area contributed by atoms with Crippen LogP contribution >= 0.6 is 23.4 Å². The van der Waals surface area contributed by atoms with Crippen LogP contribution < -0.4 is 5.32 Å². The standard InChI is InChI=1S/C23H28ClN5OS/c1-14-8-4-7-11-20(14)26-21(30)13-31-23-27-22-25-15(2)18(16(3)29(22)28-23)12-17-9-5-6-10-19(17)24/h5-6,9-10,14,20H,4,7-8,11-13H2,1-3H3,(H,26,30)/t14-,20+/m0/s1. The Labute approximate surface area is 192 Å². The number of carbonyl (C=O) groups excluding carboxylic acids is 1. The van der Waals surface area contributed by atoms with Gasteiger partial charge >= 0.3 is 0 Å². The molecule has 1 aliphatic carbocycles. The maximum absolute atomic E-state index is 12.4. The van der Waals surface area contributed by atoms with Gasteiger partial charge in [-0.25, -0.2) is 9.50 Å². The Morgan fingerprint density at radius 1 is 1.23 bits per heavy atom. The summed E-state index contributed by atoms with van der Waals surface area (Å²) in [4.78, 5) is 21.6. The lowest BCUT2D eigenvalue weighted by atomic mass is 9.86. The summed E-state index contributed by atoms with van der Waals surface area (Å²) >= 11 is 7.71. The Morgan fingerprint density at radius 2 is 2.00 bits per heavy atom. The molecule has 31 heavy (non-hydrogen) atoms. The SMILES string of the molecule is Cc1nc2nc(SCC(=O)N[C@@H]3CCCC[C@@H]3C)nn2c(C)c1Cc1ccccc1Cl. The van der Waals surface area contributed by atoms with Crippen molar-refractivity contribution >= 4 is 35.0 Å². The lowest BCUT2D eigenvalue weighted by Gasteiger charge is -2.29. The average molecular weight is 458 g/mol. The fourth-order valence-corrected chi connectivity index (χ4v) is 5.08. The highest BCUT2D eigenvalue weighted by Crippen LogP contribution is 2.25. The van der Waals surface area contributed by atoms with Crippen LogP contribution in [0.2, 0.25) is 5.02 Å². The average Bonchev–Trinajstić information content (AvgIpc) is 3.15. The van der Waals surface area contributed by atoms with Crippen LogP contribution in [0.5, 0.6) is 0 Å². The van der Waals surface area contributed by atoms with E-state index in [0.717, 1.165) is 34.0 Å². The maximum atomic E-state index is 12.4. The second kappa shape index (κ2) is 9.57. The minimum absolute atomic E-state index is 0.0443. The molecule has 1 N–H and O–H groups in total. The zero-order valence-corrected chi connectivity index (χ0v) is 19.8. The van der Waals surface area contributed by atoms with Crippen LogP contribution in [-0.4, -0.2) is 37.3 Å². The van der Waals surface area contributed by atoms with Crippen LogP contribution in [0.1, 0.15) is 55.1 Å². The molecule has 1 aromatic carbocycles. The van der Waals surface area contributed by atoms with Crippen LogP contribution in [0.15, 0.2) is 29.4 Å². The van der Waals surface area contributed by atoms with E-state index in [2.05, 4.69) is 27.3 Å². The molecule has 0 saturated heterocycles. The molecule has 1 amide bonds. The van der Waals surface area contributed by atoms with Crippen molar-refractivity contribution in [1.29, 1.82) is 0 Å². The van der Waals surface area contributed by atoms with Crippen molar-refractivity contribution in [3.05, 3.63) is 51.8 Å². The summed E-state index contributed by atoms with van der Waals surface area (Å²) in [6.45, 7) is 6.23. The number of halogens is 1. The quantitative estimate of drug-likeness (QED) is 0.539. The molecule has 0 bridgehead atoms. The number of nitrogens with one attached hydrogen (secondary N) is 1. The van der Waals surface area contributed by atoms with Crippen LogP contribution in [0.25, 0.3) is 5.78 Å². The molecule has 2 heterocycles. The highest BCUT2D eigenvalue weighted by Gasteiger charge is 2.23. The molecule has 0 unspecified atom stereocenters. The van der Waals surface area contributed by atoms with Crippen LogP contribution in [0, 0.1) is 19.8 Å². The van der Waals surface area contributed by atoms with Crippen molar-refractivity contribution in [2.75, 3.05) is 5.75 Å². The van der Waals surface area contributed by atoms with E-state index in [1.54, 1.807) is 4.52 Å². The summed E-state index contributed by atoms with van der Waals surface area (Å²) in [6.07, 6.45) is 5.40. The van der Waals surface area contributed by atoms with Gasteiger partial charge in [-0.05, 0) is 49.8 Å². The second-order valence-corrected chi connectivity index (χ2v) is 9.71. The van der Waals surface area contributed by atoms with Gasteiger partial charge in [0.05, 0.1) is 5.75 Å². The van der Waals surface area contributed by atoms with Crippen molar-refractivity contribution < 1.29 is 4.79 Å². The first-order valence-corrected chi connectivity index (χ1v) is 12.2. The number of nitrogens with zero attached hydrogens (tertiary/aromatic N) is 4. The molecule has 2 atom stereocenters. The molecule has 1 saturated carbocycles. The molecule has 164 valence electrons. The van der Waals surface area contributed by atoms with E-state index < -0.39 is 0 Å². The Balaban J connectivity index is 1.47. The summed E-state index contributed by atoms with van der Waals surface area (Å²) in [6, 6.07) is 8.13. The predicted octanol–water partition coefficient (Wildman–Crippen LogP) is 4.77. The van der Waals surface area contributed by atoms with E-state index in [4.69, 9.17) is 11.6 Å². The Morgan fingerprint density at radius 3 is 2.77 bits per heavy atom. The highest BCUT2D eigenvalue weighted by atomic mass is 35.5. The maximum Gasteiger partial charge on any atom is 0.253 e. The molecule has 3 aromatic rings. The number of rotatable bonds is 6. The van der Waals surface area contributed by atoms with Crippen molar-refractivity contribution in [3.8, 4) is 0 Å². The highest BCUT2D eigenvalue weighted by molar-refractivity contribution is 7.99. The van der Waals surface area contributed by atoms with Gasteiger partial charge in [0.15, 0.2) is 0 Å². The summed E-state index contributed by atoms with van der Waals surface area (Å²) in [5.74, 6) is 1.46. The number of aromatic nitrogens is 4. The first-order chi connectivity index (χ1) is 14.9. The fraction of sp³-hybridized carbons (Fsp3) is 0.478. The molecule has 6 nitrogen and oxygen atoms in total. The molecule has 0 spiro atoms. The Hall–Kier alpha value is -2.12. The van der Waals surface area contributed by atoms with E-state index >= 15 is 0 Å². The minimum Gasteiger partial charge on any atom is -0.352 e. The predicted molar refractivity (Wildman–Crippen MR) is 125 cm³/mol. The van der Waals surface area contributed by atoms with Crippen molar-refractivity contribution in [2.24, 2.45) is 5.92 Å². The van der Waals surface area contributed by atoms with Crippen LogP contribution in [0.4, 0.5) is 0 Å². The molecular weight excluding hydrogens is 430 g/mol. The number of carbonyl (C=O) groups is 1. The number of aryl methyl sites for hydroxylation is 2. The third kappa shape index (κ3) is 5.04.